The van der Waals surface area contributed by atoms with E-state index in [2.05, 4.69) is 35.0 Å². The summed E-state index contributed by atoms with van der Waals surface area (Å²) >= 11 is 0. The van der Waals surface area contributed by atoms with Gasteiger partial charge in [0.2, 0.25) is 0 Å². The number of likely N-dealkylation sites (tertiary alicyclic amines) is 1. The van der Waals surface area contributed by atoms with Crippen molar-refractivity contribution >= 4 is 0 Å². The number of phenols is 1. The lowest BCUT2D eigenvalue weighted by Crippen LogP contribution is -2.52. The zero-order valence-corrected chi connectivity index (χ0v) is 15.9. The van der Waals surface area contributed by atoms with Gasteiger partial charge in [0.1, 0.15) is 0 Å². The van der Waals surface area contributed by atoms with E-state index in [1.54, 1.807) is 13.2 Å². The van der Waals surface area contributed by atoms with E-state index in [-0.39, 0.29) is 5.75 Å². The van der Waals surface area contributed by atoms with Gasteiger partial charge in [0, 0.05) is 38.3 Å². The van der Waals surface area contributed by atoms with Gasteiger partial charge in [-0.25, -0.2) is 0 Å². The summed E-state index contributed by atoms with van der Waals surface area (Å²) in [5, 5.41) is 13.5. The standard InChI is InChI=1S/C20H33N3O2/c1-15-6-9-22(10-7-15)14-18(23-11-8-21-16(2)13-23)17-4-5-19(24)20(12-17)25-3/h4-5,12,15-16,18,21,24H,6-11,13-14H2,1-3H3. The second kappa shape index (κ2) is 8.39. The first-order chi connectivity index (χ1) is 12.1. The number of hydrogen-bond donors (Lipinski definition) is 2. The third-order valence-corrected chi connectivity index (χ3v) is 5.74. The Labute approximate surface area is 152 Å². The van der Waals surface area contributed by atoms with Crippen LogP contribution in [0.3, 0.4) is 0 Å². The fraction of sp³-hybridized carbons (Fsp3) is 0.700. The molecule has 2 heterocycles. The summed E-state index contributed by atoms with van der Waals surface area (Å²) in [6, 6.07) is 6.69. The first-order valence-electron chi connectivity index (χ1n) is 9.63. The normalized spacial score (nSPS) is 25.0. The lowest BCUT2D eigenvalue weighted by molar-refractivity contribution is 0.0927. The Balaban J connectivity index is 1.80. The Hall–Kier alpha value is -1.30. The summed E-state index contributed by atoms with van der Waals surface area (Å²) in [4.78, 5) is 5.20. The molecular formula is C20H33N3O2. The van der Waals surface area contributed by atoms with E-state index in [0.29, 0.717) is 17.8 Å². The number of aromatic hydroxyl groups is 1. The van der Waals surface area contributed by atoms with Crippen LogP contribution in [0.25, 0.3) is 0 Å². The molecule has 2 aliphatic heterocycles. The van der Waals surface area contributed by atoms with Crippen molar-refractivity contribution in [1.29, 1.82) is 0 Å². The summed E-state index contributed by atoms with van der Waals surface area (Å²) in [6.45, 7) is 11.2. The molecular weight excluding hydrogens is 314 g/mol. The van der Waals surface area contributed by atoms with Gasteiger partial charge in [0.25, 0.3) is 0 Å². The Morgan fingerprint density at radius 2 is 2.00 bits per heavy atom. The van der Waals surface area contributed by atoms with Crippen LogP contribution in [0.15, 0.2) is 18.2 Å². The second-order valence-electron chi connectivity index (χ2n) is 7.78. The molecule has 0 bridgehead atoms. The molecule has 0 spiro atoms. The van der Waals surface area contributed by atoms with Crippen LogP contribution < -0.4 is 10.1 Å². The molecule has 0 radical (unpaired) electrons. The van der Waals surface area contributed by atoms with Crippen molar-refractivity contribution in [3.05, 3.63) is 23.8 Å². The minimum Gasteiger partial charge on any atom is -0.504 e. The van der Waals surface area contributed by atoms with Gasteiger partial charge in [-0.3, -0.25) is 4.90 Å². The number of piperidine rings is 1. The van der Waals surface area contributed by atoms with Crippen LogP contribution in [0.1, 0.15) is 38.3 Å². The monoisotopic (exact) mass is 347 g/mol. The zero-order chi connectivity index (χ0) is 17.8. The van der Waals surface area contributed by atoms with Gasteiger partial charge in [-0.05, 0) is 56.5 Å². The number of nitrogens with zero attached hydrogens (tertiary/aromatic N) is 2. The first kappa shape index (κ1) is 18.5. The van der Waals surface area contributed by atoms with Gasteiger partial charge in [-0.15, -0.1) is 0 Å². The first-order valence-corrected chi connectivity index (χ1v) is 9.63. The van der Waals surface area contributed by atoms with Crippen LogP contribution in [0.4, 0.5) is 0 Å². The van der Waals surface area contributed by atoms with Gasteiger partial charge < -0.3 is 20.1 Å². The van der Waals surface area contributed by atoms with Gasteiger partial charge in [-0.1, -0.05) is 13.0 Å². The lowest BCUT2D eigenvalue weighted by atomic mass is 9.97. The fourth-order valence-electron chi connectivity index (χ4n) is 4.07. The molecule has 5 nitrogen and oxygen atoms in total. The SMILES string of the molecule is COc1cc(C(CN2CCC(C)CC2)N2CCNC(C)C2)ccc1O. The molecule has 2 N–H and O–H groups in total. The number of benzene rings is 1. The fourth-order valence-corrected chi connectivity index (χ4v) is 4.07. The van der Waals surface area contributed by atoms with Crippen molar-refractivity contribution in [1.82, 2.24) is 15.1 Å². The highest BCUT2D eigenvalue weighted by molar-refractivity contribution is 5.42. The molecule has 2 atom stereocenters. The molecule has 0 saturated carbocycles. The molecule has 0 aromatic heterocycles. The van der Waals surface area contributed by atoms with Crippen molar-refractivity contribution in [2.75, 3.05) is 46.4 Å². The van der Waals surface area contributed by atoms with Gasteiger partial charge in [0.05, 0.1) is 7.11 Å². The average Bonchev–Trinajstić information content (AvgIpc) is 2.62. The number of piperazine rings is 1. The molecule has 2 unspecified atom stereocenters. The molecule has 0 amide bonds. The largest absolute Gasteiger partial charge is 0.504 e. The Bertz CT molecular complexity index is 558. The van der Waals surface area contributed by atoms with E-state index in [9.17, 15) is 5.11 Å². The maximum absolute atomic E-state index is 9.96. The molecule has 1 aromatic rings. The van der Waals surface area contributed by atoms with Crippen LogP contribution in [-0.4, -0.2) is 67.3 Å². The molecule has 25 heavy (non-hydrogen) atoms. The third-order valence-electron chi connectivity index (χ3n) is 5.74. The van der Waals surface area contributed by atoms with Crippen LogP contribution in [0.5, 0.6) is 11.5 Å². The van der Waals surface area contributed by atoms with Crippen LogP contribution in [-0.2, 0) is 0 Å². The summed E-state index contributed by atoms with van der Waals surface area (Å²) in [7, 11) is 1.62. The van der Waals surface area contributed by atoms with Crippen molar-refractivity contribution in [2.45, 2.75) is 38.8 Å². The summed E-state index contributed by atoms with van der Waals surface area (Å²) in [5.41, 5.74) is 1.24. The van der Waals surface area contributed by atoms with Crippen LogP contribution >= 0.6 is 0 Å². The Morgan fingerprint density at radius 1 is 1.24 bits per heavy atom. The number of phenolic OH excluding ortho intramolecular Hbond substituents is 1. The Morgan fingerprint density at radius 3 is 2.68 bits per heavy atom. The average molecular weight is 348 g/mol. The number of ether oxygens (including phenoxy) is 1. The molecule has 2 fully saturated rings. The van der Waals surface area contributed by atoms with Crippen molar-refractivity contribution in [2.24, 2.45) is 5.92 Å². The molecule has 0 aliphatic carbocycles. The number of methoxy groups -OCH3 is 1. The van der Waals surface area contributed by atoms with E-state index in [0.717, 1.165) is 32.1 Å². The van der Waals surface area contributed by atoms with E-state index < -0.39 is 0 Å². The van der Waals surface area contributed by atoms with Crippen LogP contribution in [0.2, 0.25) is 0 Å². The summed E-state index contributed by atoms with van der Waals surface area (Å²) < 4.78 is 5.35. The summed E-state index contributed by atoms with van der Waals surface area (Å²) in [6.07, 6.45) is 2.59. The highest BCUT2D eigenvalue weighted by Crippen LogP contribution is 2.32. The lowest BCUT2D eigenvalue weighted by Gasteiger charge is -2.41. The predicted molar refractivity (Wildman–Crippen MR) is 101 cm³/mol. The maximum atomic E-state index is 9.96. The van der Waals surface area contributed by atoms with Gasteiger partial charge >= 0.3 is 0 Å². The molecule has 2 saturated heterocycles. The molecule has 5 heteroatoms. The van der Waals surface area contributed by atoms with Crippen molar-refractivity contribution < 1.29 is 9.84 Å². The molecule has 3 rings (SSSR count). The van der Waals surface area contributed by atoms with Crippen molar-refractivity contribution in [3.8, 4) is 11.5 Å². The number of nitrogens with one attached hydrogen (secondary N) is 1. The van der Waals surface area contributed by atoms with Gasteiger partial charge in [0.15, 0.2) is 11.5 Å². The van der Waals surface area contributed by atoms with E-state index in [1.807, 2.05) is 6.07 Å². The van der Waals surface area contributed by atoms with E-state index >= 15 is 0 Å². The van der Waals surface area contributed by atoms with Crippen LogP contribution in [0, 0.1) is 5.92 Å². The predicted octanol–water partition coefficient (Wildman–Crippen LogP) is 2.47. The zero-order valence-electron chi connectivity index (χ0n) is 15.9. The molecule has 2 aliphatic rings. The molecule has 140 valence electrons. The topological polar surface area (TPSA) is 48.0 Å². The van der Waals surface area contributed by atoms with E-state index in [4.69, 9.17) is 4.74 Å². The van der Waals surface area contributed by atoms with Gasteiger partial charge in [-0.2, -0.15) is 0 Å². The number of rotatable bonds is 5. The van der Waals surface area contributed by atoms with E-state index in [1.165, 1.54) is 31.5 Å². The minimum absolute atomic E-state index is 0.213. The smallest absolute Gasteiger partial charge is 0.160 e. The second-order valence-corrected chi connectivity index (χ2v) is 7.78. The number of hydrogen-bond acceptors (Lipinski definition) is 5. The summed E-state index contributed by atoms with van der Waals surface area (Å²) in [5.74, 6) is 1.63. The quantitative estimate of drug-likeness (QED) is 0.857. The highest BCUT2D eigenvalue weighted by atomic mass is 16.5. The minimum atomic E-state index is 0.213. The highest BCUT2D eigenvalue weighted by Gasteiger charge is 2.28. The Kier molecular flexibility index (Phi) is 6.20. The third kappa shape index (κ3) is 4.66. The maximum Gasteiger partial charge on any atom is 0.160 e. The molecule has 1 aromatic carbocycles. The van der Waals surface area contributed by atoms with Crippen molar-refractivity contribution in [3.63, 3.8) is 0 Å².